The molecule has 0 bridgehead atoms. The first-order valence-electron chi connectivity index (χ1n) is 12.3. The number of nitrogens with one attached hydrogen (secondary N) is 3. The molecule has 1 aliphatic rings. The zero-order valence-corrected chi connectivity index (χ0v) is 26.8. The van der Waals surface area contributed by atoms with Crippen molar-refractivity contribution in [2.45, 2.75) is 19.9 Å². The van der Waals surface area contributed by atoms with Crippen LogP contribution in [0.5, 0.6) is 17.2 Å². The number of amides is 3. The predicted octanol–water partition coefficient (Wildman–Crippen LogP) is 3.33. The minimum absolute atomic E-state index is 0.176. The average molecular weight is 759 g/mol. The first kappa shape index (κ1) is 32.7. The van der Waals surface area contributed by atoms with E-state index in [0.717, 1.165) is 0 Å². The van der Waals surface area contributed by atoms with Crippen LogP contribution in [0, 0.1) is 3.57 Å². The number of nitrogens with zero attached hydrogens (tertiary/aromatic N) is 1. The number of rotatable bonds is 12. The van der Waals surface area contributed by atoms with E-state index < -0.39 is 29.9 Å². The summed E-state index contributed by atoms with van der Waals surface area (Å²) < 4.78 is 27.6. The highest BCUT2D eigenvalue weighted by atomic mass is 127. The summed E-state index contributed by atoms with van der Waals surface area (Å²) in [4.78, 5) is 48.4. The van der Waals surface area contributed by atoms with E-state index in [2.05, 4.69) is 64.4 Å². The third-order valence-corrected chi connectivity index (χ3v) is 7.02. The fraction of sp³-hybridized carbons (Fsp3) is 0.296. The molecule has 0 aliphatic carbocycles. The molecule has 0 unspecified atom stereocenters. The topological polar surface area (TPSA) is 163 Å². The van der Waals surface area contributed by atoms with Crippen LogP contribution < -0.4 is 30.3 Å². The zero-order chi connectivity index (χ0) is 30.8. The number of urea groups is 1. The predicted molar refractivity (Wildman–Crippen MR) is 162 cm³/mol. The summed E-state index contributed by atoms with van der Waals surface area (Å²) in [6.07, 6.45) is 1.44. The molecule has 0 spiro atoms. The molecular formula is C27H28BrIN4O9. The Kier molecular flexibility index (Phi) is 12.0. The molecule has 42 heavy (non-hydrogen) atoms. The second-order valence-corrected chi connectivity index (χ2v) is 10.5. The lowest BCUT2D eigenvalue weighted by Gasteiger charge is -2.28. The van der Waals surface area contributed by atoms with Gasteiger partial charge in [-0.1, -0.05) is 6.07 Å². The van der Waals surface area contributed by atoms with Gasteiger partial charge in [-0.2, -0.15) is 5.10 Å². The van der Waals surface area contributed by atoms with E-state index in [0.29, 0.717) is 30.6 Å². The van der Waals surface area contributed by atoms with Gasteiger partial charge >= 0.3 is 18.0 Å². The molecule has 1 heterocycles. The fourth-order valence-electron chi connectivity index (χ4n) is 3.74. The molecule has 2 aromatic carbocycles. The lowest BCUT2D eigenvalue weighted by atomic mass is 9.95. The van der Waals surface area contributed by atoms with Crippen molar-refractivity contribution in [2.75, 3.05) is 34.0 Å². The summed E-state index contributed by atoms with van der Waals surface area (Å²) in [5.41, 5.74) is 4.23. The summed E-state index contributed by atoms with van der Waals surface area (Å²) in [5.74, 6) is -0.577. The quantitative estimate of drug-likeness (QED) is 0.128. The number of hydrogen-bond acceptors (Lipinski definition) is 10. The standard InChI is InChI=1S/C27H28BrIN4O9/c1-5-40-26(36)23-14(2)31-27(37)32-24(23)16-6-7-19(20(10-16)38-3)41-12-21(34)33-30-11-15-8-17(28)25(18(29)9-15)42-13-22(35)39-4/h6-11,24H,5,12-13H2,1-4H3,(H,33,34)(H2,31,32,37)/b30-11-/t24-/m1/s1. The van der Waals surface area contributed by atoms with Crippen molar-refractivity contribution in [3.05, 3.63) is 60.8 Å². The molecule has 0 saturated carbocycles. The number of halogens is 2. The number of allylic oxidation sites excluding steroid dienone is 1. The van der Waals surface area contributed by atoms with Crippen LogP contribution in [0.4, 0.5) is 4.79 Å². The lowest BCUT2D eigenvalue weighted by molar-refractivity contribution is -0.143. The number of carbonyl (C=O) groups excluding carboxylic acids is 4. The maximum Gasteiger partial charge on any atom is 0.343 e. The molecule has 2 aromatic rings. The smallest absolute Gasteiger partial charge is 0.343 e. The van der Waals surface area contributed by atoms with E-state index in [1.54, 1.807) is 44.2 Å². The number of methoxy groups -OCH3 is 2. The van der Waals surface area contributed by atoms with Crippen molar-refractivity contribution < 1.29 is 42.9 Å². The number of hydrogen-bond donors (Lipinski definition) is 3. The van der Waals surface area contributed by atoms with Crippen LogP contribution >= 0.6 is 38.5 Å². The first-order chi connectivity index (χ1) is 20.1. The van der Waals surface area contributed by atoms with Gasteiger partial charge < -0.3 is 34.3 Å². The van der Waals surface area contributed by atoms with Crippen LogP contribution in [0.1, 0.15) is 31.0 Å². The molecule has 3 N–H and O–H groups in total. The van der Waals surface area contributed by atoms with Crippen molar-refractivity contribution in [1.29, 1.82) is 0 Å². The van der Waals surface area contributed by atoms with Crippen LogP contribution in [-0.4, -0.2) is 64.1 Å². The first-order valence-corrected chi connectivity index (χ1v) is 14.2. The molecule has 1 aliphatic heterocycles. The van der Waals surface area contributed by atoms with Crippen molar-refractivity contribution in [1.82, 2.24) is 16.1 Å². The van der Waals surface area contributed by atoms with Gasteiger partial charge in [0.15, 0.2) is 24.7 Å². The summed E-state index contributed by atoms with van der Waals surface area (Å²) >= 11 is 5.45. The molecule has 0 saturated heterocycles. The van der Waals surface area contributed by atoms with Gasteiger partial charge in [-0.05, 0) is 87.8 Å². The highest BCUT2D eigenvalue weighted by molar-refractivity contribution is 14.1. The van der Waals surface area contributed by atoms with Crippen molar-refractivity contribution in [3.63, 3.8) is 0 Å². The number of esters is 2. The van der Waals surface area contributed by atoms with Crippen LogP contribution in [0.3, 0.4) is 0 Å². The molecule has 1 atom stereocenters. The Labute approximate surface area is 263 Å². The number of hydrazone groups is 1. The van der Waals surface area contributed by atoms with Crippen LogP contribution in [-0.2, 0) is 23.9 Å². The van der Waals surface area contributed by atoms with Crippen LogP contribution in [0.2, 0.25) is 0 Å². The Morgan fingerprint density at radius 3 is 2.55 bits per heavy atom. The van der Waals surface area contributed by atoms with Gasteiger partial charge in [-0.15, -0.1) is 0 Å². The molecule has 0 aromatic heterocycles. The van der Waals surface area contributed by atoms with Crippen molar-refractivity contribution >= 4 is 68.6 Å². The van der Waals surface area contributed by atoms with Gasteiger partial charge in [-0.3, -0.25) is 4.79 Å². The normalized spacial score (nSPS) is 14.5. The Hall–Kier alpha value is -3.86. The Balaban J connectivity index is 1.64. The third-order valence-electron chi connectivity index (χ3n) is 5.63. The minimum Gasteiger partial charge on any atom is -0.493 e. The Bertz CT molecular complexity index is 1410. The van der Waals surface area contributed by atoms with E-state index in [-0.39, 0.29) is 36.9 Å². The Morgan fingerprint density at radius 1 is 1.12 bits per heavy atom. The van der Waals surface area contributed by atoms with E-state index in [1.165, 1.54) is 20.4 Å². The minimum atomic E-state index is -0.782. The van der Waals surface area contributed by atoms with E-state index in [9.17, 15) is 19.2 Å². The second-order valence-electron chi connectivity index (χ2n) is 8.46. The molecule has 0 radical (unpaired) electrons. The molecule has 0 fully saturated rings. The maximum absolute atomic E-state index is 12.6. The van der Waals surface area contributed by atoms with Gasteiger partial charge in [-0.25, -0.2) is 19.8 Å². The summed E-state index contributed by atoms with van der Waals surface area (Å²) in [6.45, 7) is 2.88. The SMILES string of the molecule is CCOC(=O)C1=C(C)NC(=O)N[C@@H]1c1ccc(OCC(=O)N/N=C\c2cc(Br)c(OCC(=O)OC)c(I)c2)c(OC)c1. The third kappa shape index (κ3) is 8.58. The van der Waals surface area contributed by atoms with E-state index in [4.69, 9.17) is 18.9 Å². The largest absolute Gasteiger partial charge is 0.493 e. The summed E-state index contributed by atoms with van der Waals surface area (Å²) in [7, 11) is 2.70. The highest BCUT2D eigenvalue weighted by Crippen LogP contribution is 2.35. The van der Waals surface area contributed by atoms with Gasteiger partial charge in [0.05, 0.1) is 46.7 Å². The molecule has 15 heteroatoms. The van der Waals surface area contributed by atoms with E-state index >= 15 is 0 Å². The van der Waals surface area contributed by atoms with Gasteiger partial charge in [0.25, 0.3) is 5.91 Å². The van der Waals surface area contributed by atoms with E-state index in [1.807, 2.05) is 0 Å². The maximum atomic E-state index is 12.6. The summed E-state index contributed by atoms with van der Waals surface area (Å²) in [5, 5.41) is 9.25. The summed E-state index contributed by atoms with van der Waals surface area (Å²) in [6, 6.07) is 7.04. The number of carbonyl (C=O) groups is 4. The van der Waals surface area contributed by atoms with Gasteiger partial charge in [0.2, 0.25) is 0 Å². The number of benzene rings is 2. The molecule has 13 nitrogen and oxygen atoms in total. The second kappa shape index (κ2) is 15.4. The van der Waals surface area contributed by atoms with Crippen LogP contribution in [0.25, 0.3) is 0 Å². The van der Waals surface area contributed by atoms with Crippen molar-refractivity contribution in [3.8, 4) is 17.2 Å². The zero-order valence-electron chi connectivity index (χ0n) is 23.0. The molecule has 3 amide bonds. The Morgan fingerprint density at radius 2 is 1.88 bits per heavy atom. The average Bonchev–Trinajstić information content (AvgIpc) is 2.95. The number of ether oxygens (including phenoxy) is 5. The van der Waals surface area contributed by atoms with Gasteiger partial charge in [0.1, 0.15) is 5.75 Å². The highest BCUT2D eigenvalue weighted by Gasteiger charge is 2.32. The van der Waals surface area contributed by atoms with Crippen LogP contribution in [0.15, 0.2) is 51.2 Å². The lowest BCUT2D eigenvalue weighted by Crippen LogP contribution is -2.45. The van der Waals surface area contributed by atoms with Crippen molar-refractivity contribution in [2.24, 2.45) is 5.10 Å². The molecular weight excluding hydrogens is 731 g/mol. The fourth-order valence-corrected chi connectivity index (χ4v) is 5.51. The molecule has 224 valence electrons. The van der Waals surface area contributed by atoms with Gasteiger partial charge in [0, 0.05) is 5.70 Å². The monoisotopic (exact) mass is 758 g/mol. The molecule has 3 rings (SSSR count).